The van der Waals surface area contributed by atoms with Crippen molar-refractivity contribution in [2.75, 3.05) is 6.54 Å². The predicted octanol–water partition coefficient (Wildman–Crippen LogP) is 1.88. The van der Waals surface area contributed by atoms with Crippen LogP contribution in [0.4, 0.5) is 0 Å². The first-order valence-corrected chi connectivity index (χ1v) is 5.76. The minimum Gasteiger partial charge on any atom is -0.472 e. The summed E-state index contributed by atoms with van der Waals surface area (Å²) in [7, 11) is 0. The molecule has 4 heteroatoms. The summed E-state index contributed by atoms with van der Waals surface area (Å²) in [4.78, 5) is 12.0. The van der Waals surface area contributed by atoms with E-state index in [4.69, 9.17) is 10.2 Å². The average Bonchev–Trinajstić information content (AvgIpc) is 2.93. The Morgan fingerprint density at radius 2 is 2.06 bits per heavy atom. The fourth-order valence-corrected chi connectivity index (χ4v) is 1.76. The molecule has 0 aliphatic heterocycles. The van der Waals surface area contributed by atoms with Gasteiger partial charge < -0.3 is 15.5 Å². The lowest BCUT2D eigenvalue weighted by Crippen LogP contribution is -2.48. The third kappa shape index (κ3) is 2.43. The van der Waals surface area contributed by atoms with Gasteiger partial charge >= 0.3 is 0 Å². The quantitative estimate of drug-likeness (QED) is 0.862. The number of benzene rings is 1. The minimum absolute atomic E-state index is 0.194. The molecule has 0 aliphatic carbocycles. The van der Waals surface area contributed by atoms with E-state index in [0.29, 0.717) is 12.1 Å². The van der Waals surface area contributed by atoms with Crippen molar-refractivity contribution < 1.29 is 9.21 Å². The topological polar surface area (TPSA) is 68.3 Å². The number of amides is 1. The Kier molecular flexibility index (Phi) is 3.48. The molecular formula is C14H16N2O2. The zero-order chi connectivity index (χ0) is 13.0. The van der Waals surface area contributed by atoms with Gasteiger partial charge in [-0.05, 0) is 18.6 Å². The van der Waals surface area contributed by atoms with Crippen LogP contribution in [0, 0.1) is 0 Å². The number of nitrogens with two attached hydrogens (primary N) is 1. The van der Waals surface area contributed by atoms with E-state index in [2.05, 4.69) is 5.32 Å². The molecule has 1 atom stereocenters. The lowest BCUT2D eigenvalue weighted by molar-refractivity contribution is 0.0907. The maximum absolute atomic E-state index is 12.0. The van der Waals surface area contributed by atoms with Crippen molar-refractivity contribution in [3.63, 3.8) is 0 Å². The molecule has 0 bridgehead atoms. The zero-order valence-corrected chi connectivity index (χ0v) is 10.2. The number of hydrogen-bond donors (Lipinski definition) is 2. The Morgan fingerprint density at radius 1 is 1.33 bits per heavy atom. The second-order valence-corrected chi connectivity index (χ2v) is 4.37. The van der Waals surface area contributed by atoms with E-state index in [1.807, 2.05) is 37.3 Å². The molecule has 0 radical (unpaired) electrons. The van der Waals surface area contributed by atoms with Crippen molar-refractivity contribution in [2.24, 2.45) is 5.73 Å². The number of furan rings is 1. The first-order valence-electron chi connectivity index (χ1n) is 5.76. The molecule has 0 spiro atoms. The van der Waals surface area contributed by atoms with Crippen LogP contribution in [-0.2, 0) is 5.54 Å². The minimum atomic E-state index is -0.588. The van der Waals surface area contributed by atoms with Gasteiger partial charge in [0.1, 0.15) is 6.26 Å². The van der Waals surface area contributed by atoms with Gasteiger partial charge in [0.15, 0.2) is 0 Å². The highest BCUT2D eigenvalue weighted by Crippen LogP contribution is 2.19. The summed E-state index contributed by atoms with van der Waals surface area (Å²) < 4.78 is 4.90. The van der Waals surface area contributed by atoms with Gasteiger partial charge in [-0.1, -0.05) is 30.3 Å². The van der Waals surface area contributed by atoms with Crippen LogP contribution in [-0.4, -0.2) is 12.5 Å². The highest BCUT2D eigenvalue weighted by atomic mass is 16.3. The standard InChI is InChI=1S/C14H16N2O2/c1-14(10-15,12-5-3-2-4-6-12)16-13(17)11-7-8-18-9-11/h2-9H,10,15H2,1H3,(H,16,17). The Balaban J connectivity index is 2.21. The summed E-state index contributed by atoms with van der Waals surface area (Å²) in [5.41, 5.74) is 6.68. The molecule has 1 amide bonds. The van der Waals surface area contributed by atoms with Crippen LogP contribution >= 0.6 is 0 Å². The molecule has 1 aromatic carbocycles. The molecule has 1 aromatic heterocycles. The largest absolute Gasteiger partial charge is 0.472 e. The van der Waals surface area contributed by atoms with Crippen LogP contribution in [0.2, 0.25) is 0 Å². The van der Waals surface area contributed by atoms with E-state index in [9.17, 15) is 4.79 Å². The monoisotopic (exact) mass is 244 g/mol. The van der Waals surface area contributed by atoms with E-state index in [1.54, 1.807) is 6.07 Å². The number of nitrogens with one attached hydrogen (secondary N) is 1. The summed E-state index contributed by atoms with van der Waals surface area (Å²) >= 11 is 0. The Labute approximate surface area is 106 Å². The van der Waals surface area contributed by atoms with Crippen molar-refractivity contribution in [1.29, 1.82) is 0 Å². The number of rotatable bonds is 4. The van der Waals surface area contributed by atoms with Crippen LogP contribution < -0.4 is 11.1 Å². The first-order chi connectivity index (χ1) is 8.65. The normalized spacial score (nSPS) is 13.9. The molecule has 0 saturated carbocycles. The summed E-state index contributed by atoms with van der Waals surface area (Å²) in [5, 5.41) is 2.94. The molecule has 1 unspecified atom stereocenters. The van der Waals surface area contributed by atoms with Gasteiger partial charge in [-0.2, -0.15) is 0 Å². The molecular weight excluding hydrogens is 228 g/mol. The van der Waals surface area contributed by atoms with Crippen molar-refractivity contribution >= 4 is 5.91 Å². The van der Waals surface area contributed by atoms with Gasteiger partial charge in [-0.3, -0.25) is 4.79 Å². The van der Waals surface area contributed by atoms with Crippen molar-refractivity contribution in [1.82, 2.24) is 5.32 Å². The van der Waals surface area contributed by atoms with Gasteiger partial charge in [-0.25, -0.2) is 0 Å². The van der Waals surface area contributed by atoms with E-state index in [-0.39, 0.29) is 5.91 Å². The molecule has 0 saturated heterocycles. The lowest BCUT2D eigenvalue weighted by Gasteiger charge is -2.29. The van der Waals surface area contributed by atoms with Crippen molar-refractivity contribution in [2.45, 2.75) is 12.5 Å². The zero-order valence-electron chi connectivity index (χ0n) is 10.2. The summed E-state index contributed by atoms with van der Waals surface area (Å²) in [6.07, 6.45) is 2.88. The number of carbonyl (C=O) groups is 1. The second-order valence-electron chi connectivity index (χ2n) is 4.37. The molecule has 3 N–H and O–H groups in total. The van der Waals surface area contributed by atoms with E-state index in [1.165, 1.54) is 12.5 Å². The smallest absolute Gasteiger partial charge is 0.255 e. The Morgan fingerprint density at radius 3 is 2.61 bits per heavy atom. The number of carbonyl (C=O) groups excluding carboxylic acids is 1. The average molecular weight is 244 g/mol. The fourth-order valence-electron chi connectivity index (χ4n) is 1.76. The van der Waals surface area contributed by atoms with Crippen LogP contribution in [0.1, 0.15) is 22.8 Å². The predicted molar refractivity (Wildman–Crippen MR) is 69.0 cm³/mol. The second kappa shape index (κ2) is 5.06. The summed E-state index contributed by atoms with van der Waals surface area (Å²) in [6.45, 7) is 2.22. The maximum atomic E-state index is 12.0. The molecule has 2 aromatic rings. The van der Waals surface area contributed by atoms with Gasteiger partial charge in [0.2, 0.25) is 0 Å². The third-order valence-corrected chi connectivity index (χ3v) is 2.99. The highest BCUT2D eigenvalue weighted by molar-refractivity contribution is 5.94. The molecule has 18 heavy (non-hydrogen) atoms. The van der Waals surface area contributed by atoms with E-state index in [0.717, 1.165) is 5.56 Å². The van der Waals surface area contributed by atoms with Crippen LogP contribution in [0.15, 0.2) is 53.3 Å². The number of hydrogen-bond acceptors (Lipinski definition) is 3. The Hall–Kier alpha value is -2.07. The van der Waals surface area contributed by atoms with Crippen LogP contribution in [0.5, 0.6) is 0 Å². The van der Waals surface area contributed by atoms with Crippen molar-refractivity contribution in [3.8, 4) is 0 Å². The van der Waals surface area contributed by atoms with E-state index < -0.39 is 5.54 Å². The van der Waals surface area contributed by atoms with E-state index >= 15 is 0 Å². The van der Waals surface area contributed by atoms with Gasteiger partial charge in [0.05, 0.1) is 17.4 Å². The van der Waals surface area contributed by atoms with Gasteiger partial charge in [-0.15, -0.1) is 0 Å². The highest BCUT2D eigenvalue weighted by Gasteiger charge is 2.27. The van der Waals surface area contributed by atoms with Crippen LogP contribution in [0.25, 0.3) is 0 Å². The summed E-state index contributed by atoms with van der Waals surface area (Å²) in [5.74, 6) is -0.194. The molecule has 4 nitrogen and oxygen atoms in total. The molecule has 0 aliphatic rings. The maximum Gasteiger partial charge on any atom is 0.255 e. The molecule has 0 fully saturated rings. The SMILES string of the molecule is CC(CN)(NC(=O)c1ccoc1)c1ccccc1. The van der Waals surface area contributed by atoms with Gasteiger partial charge in [0.25, 0.3) is 5.91 Å². The third-order valence-electron chi connectivity index (χ3n) is 2.99. The Bertz CT molecular complexity index is 508. The van der Waals surface area contributed by atoms with Crippen LogP contribution in [0.3, 0.4) is 0 Å². The lowest BCUT2D eigenvalue weighted by atomic mass is 9.92. The van der Waals surface area contributed by atoms with Gasteiger partial charge in [0, 0.05) is 6.54 Å². The summed E-state index contributed by atoms with van der Waals surface area (Å²) in [6, 6.07) is 11.3. The first kappa shape index (κ1) is 12.4. The molecule has 94 valence electrons. The van der Waals surface area contributed by atoms with Crippen molar-refractivity contribution in [3.05, 3.63) is 60.1 Å². The molecule has 1 heterocycles. The molecule has 2 rings (SSSR count). The fraction of sp³-hybridized carbons (Fsp3) is 0.214.